The number of nitrogens with one attached hydrogen (secondary N) is 4. The van der Waals surface area contributed by atoms with E-state index in [0.717, 1.165) is 47.2 Å². The number of fused-ring (bicyclic) bond motifs is 2. The normalized spacial score (nSPS) is 20.2. The fourth-order valence-corrected chi connectivity index (χ4v) is 8.03. The Labute approximate surface area is 339 Å². The summed E-state index contributed by atoms with van der Waals surface area (Å²) in [6, 6.07) is 11.2. The lowest BCUT2D eigenvalue weighted by Crippen LogP contribution is -2.54. The summed E-state index contributed by atoms with van der Waals surface area (Å²) < 4.78 is 5.64. The van der Waals surface area contributed by atoms with Crippen molar-refractivity contribution in [3.63, 3.8) is 0 Å². The maximum Gasteiger partial charge on any atom is 0.266 e. The number of amides is 5. The summed E-state index contributed by atoms with van der Waals surface area (Å²) >= 11 is 0. The van der Waals surface area contributed by atoms with Gasteiger partial charge in [-0.2, -0.15) is 0 Å². The predicted molar refractivity (Wildman–Crippen MR) is 214 cm³/mol. The quantitative estimate of drug-likeness (QED) is 0.0689. The molecule has 0 bridgehead atoms. The number of carbonyl (C=O) groups is 7. The van der Waals surface area contributed by atoms with Gasteiger partial charge in [0.05, 0.1) is 27.9 Å². The third kappa shape index (κ3) is 8.96. The molecule has 1 atom stereocenters. The van der Waals surface area contributed by atoms with E-state index in [4.69, 9.17) is 4.74 Å². The largest absolute Gasteiger partial charge is 0.483 e. The van der Waals surface area contributed by atoms with Gasteiger partial charge >= 0.3 is 0 Å². The lowest BCUT2D eigenvalue weighted by molar-refractivity contribution is -0.136. The Kier molecular flexibility index (Phi) is 11.4. The van der Waals surface area contributed by atoms with Gasteiger partial charge in [-0.15, -0.1) is 0 Å². The maximum absolute atomic E-state index is 13.6. The molecule has 4 aliphatic rings. The van der Waals surface area contributed by atoms with Crippen LogP contribution in [0.3, 0.4) is 0 Å². The summed E-state index contributed by atoms with van der Waals surface area (Å²) in [7, 11) is 0. The van der Waals surface area contributed by atoms with Gasteiger partial charge < -0.3 is 20.7 Å². The van der Waals surface area contributed by atoms with Gasteiger partial charge in [0.15, 0.2) is 12.4 Å². The highest BCUT2D eigenvalue weighted by Crippen LogP contribution is 2.36. The van der Waals surface area contributed by atoms with E-state index in [0.29, 0.717) is 55.3 Å². The number of ketones is 2. The van der Waals surface area contributed by atoms with Crippen LogP contribution in [0.4, 0.5) is 17.3 Å². The number of hydrogen-bond acceptors (Lipinski definition) is 13. The van der Waals surface area contributed by atoms with Crippen molar-refractivity contribution in [2.45, 2.75) is 82.7 Å². The van der Waals surface area contributed by atoms with Crippen LogP contribution in [0, 0.1) is 11.8 Å². The molecule has 0 spiro atoms. The smallest absolute Gasteiger partial charge is 0.266 e. The van der Waals surface area contributed by atoms with Gasteiger partial charge in [-0.05, 0) is 87.6 Å². The number of imide groups is 2. The first-order chi connectivity index (χ1) is 28.6. The Hall–Kier alpha value is -6.58. The van der Waals surface area contributed by atoms with E-state index in [2.05, 4.69) is 36.2 Å². The number of Topliss-reactive ketones (excluding diaryl/α,β-unsaturated/α-hetero) is 2. The molecular formula is C43H44N8O8. The van der Waals surface area contributed by atoms with Crippen molar-refractivity contribution in [1.29, 1.82) is 0 Å². The monoisotopic (exact) mass is 800 g/mol. The van der Waals surface area contributed by atoms with E-state index in [1.807, 2.05) is 24.3 Å². The fraction of sp³-hybridized carbons (Fsp3) is 0.395. The van der Waals surface area contributed by atoms with Gasteiger partial charge in [0, 0.05) is 67.8 Å². The van der Waals surface area contributed by atoms with Crippen molar-refractivity contribution < 1.29 is 38.3 Å². The Morgan fingerprint density at radius 2 is 1.73 bits per heavy atom. The summed E-state index contributed by atoms with van der Waals surface area (Å²) in [5.74, 6) is -1.51. The summed E-state index contributed by atoms with van der Waals surface area (Å²) in [4.78, 5) is 104. The highest BCUT2D eigenvalue weighted by molar-refractivity contribution is 6.24. The van der Waals surface area contributed by atoms with E-state index in [-0.39, 0.29) is 59.7 Å². The van der Waals surface area contributed by atoms with Crippen LogP contribution in [0.15, 0.2) is 61.1 Å². The van der Waals surface area contributed by atoms with Crippen molar-refractivity contribution in [3.05, 3.63) is 77.7 Å². The molecule has 3 fully saturated rings. The molecule has 4 aromatic rings. The Balaban J connectivity index is 0.763. The van der Waals surface area contributed by atoms with Crippen LogP contribution in [-0.2, 0) is 19.2 Å². The summed E-state index contributed by atoms with van der Waals surface area (Å²) in [6.07, 6.45) is 11.3. The van der Waals surface area contributed by atoms with Gasteiger partial charge in [-0.1, -0.05) is 6.07 Å². The number of hydrogen-bond donors (Lipinski definition) is 4. The molecule has 2 aliphatic carbocycles. The van der Waals surface area contributed by atoms with E-state index >= 15 is 0 Å². The number of nitrogens with zero attached hydrogens (tertiary/aromatic N) is 4. The number of ether oxygens (including phenoxy) is 1. The highest BCUT2D eigenvalue weighted by Gasteiger charge is 2.46. The van der Waals surface area contributed by atoms with Crippen molar-refractivity contribution in [2.24, 2.45) is 11.8 Å². The lowest BCUT2D eigenvalue weighted by Gasteiger charge is -2.27. The molecule has 16 heteroatoms. The molecule has 2 aliphatic heterocycles. The van der Waals surface area contributed by atoms with Gasteiger partial charge in [-0.25, -0.2) is 9.97 Å². The second-order valence-electron chi connectivity index (χ2n) is 15.6. The SMILES string of the molecule is O=C(COc1cccc2c1C(=O)N(C1CCC(=O)NC1=O)C2=O)NCCCC(=O)C1CCC(CC(=O)c2cnc(Nc3ccc4cnccc4n3)cc2NC2CC2)CC1. The standard InChI is InChI=1S/C43H44N8O8/c52-33(4-2-17-45-39(55)23-59-35-5-1-3-28-40(35)43(58)51(42(28)57)32-13-15-38(54)50-41(32)56)25-8-6-24(7-9-25)19-34(53)29-22-46-37(20-31(29)47-27-11-12-27)49-36-14-10-26-21-44-18-16-30(26)48-36/h1,3,5,10,14,16,18,20-22,24-25,27,32H,2,4,6-9,11-13,15,17,19,23H2,(H,45,55)(H,50,54,56)(H2,46,47,48,49). The first-order valence-electron chi connectivity index (χ1n) is 20.2. The van der Waals surface area contributed by atoms with E-state index < -0.39 is 42.2 Å². The average Bonchev–Trinajstić information content (AvgIpc) is 4.02. The van der Waals surface area contributed by atoms with Crippen LogP contribution < -0.4 is 26.0 Å². The first-order valence-corrected chi connectivity index (χ1v) is 20.2. The van der Waals surface area contributed by atoms with Crippen molar-refractivity contribution >= 4 is 69.3 Å². The molecular weight excluding hydrogens is 757 g/mol. The van der Waals surface area contributed by atoms with Crippen LogP contribution >= 0.6 is 0 Å². The van der Waals surface area contributed by atoms with Crippen LogP contribution in [-0.4, -0.2) is 86.2 Å². The first kappa shape index (κ1) is 39.3. The maximum atomic E-state index is 13.6. The third-order valence-corrected chi connectivity index (χ3v) is 11.4. The van der Waals surface area contributed by atoms with Gasteiger partial charge in [0.25, 0.3) is 17.7 Å². The molecule has 5 amide bonds. The number of anilines is 3. The zero-order chi connectivity index (χ0) is 41.0. The van der Waals surface area contributed by atoms with Crippen molar-refractivity contribution in [3.8, 4) is 5.75 Å². The zero-order valence-corrected chi connectivity index (χ0v) is 32.3. The number of aromatic nitrogens is 3. The molecule has 5 heterocycles. The van der Waals surface area contributed by atoms with E-state index in [1.54, 1.807) is 18.6 Å². The van der Waals surface area contributed by atoms with Gasteiger partial charge in [-0.3, -0.25) is 48.8 Å². The molecule has 1 aromatic carbocycles. The molecule has 0 radical (unpaired) electrons. The molecule has 304 valence electrons. The number of rotatable bonds is 16. The minimum absolute atomic E-state index is 0.000984. The molecule has 3 aromatic heterocycles. The Morgan fingerprint density at radius 3 is 2.53 bits per heavy atom. The predicted octanol–water partition coefficient (Wildman–Crippen LogP) is 4.67. The van der Waals surface area contributed by atoms with Crippen LogP contribution in [0.2, 0.25) is 0 Å². The molecule has 4 N–H and O–H groups in total. The lowest BCUT2D eigenvalue weighted by atomic mass is 9.77. The van der Waals surface area contributed by atoms with E-state index in [1.165, 1.54) is 18.2 Å². The summed E-state index contributed by atoms with van der Waals surface area (Å²) in [5, 5.41) is 12.6. The summed E-state index contributed by atoms with van der Waals surface area (Å²) in [6.45, 7) is -0.176. The average molecular weight is 801 g/mol. The fourth-order valence-electron chi connectivity index (χ4n) is 8.03. The molecule has 1 saturated heterocycles. The number of piperidine rings is 1. The summed E-state index contributed by atoms with van der Waals surface area (Å²) in [5.41, 5.74) is 2.16. The molecule has 8 rings (SSSR count). The highest BCUT2D eigenvalue weighted by atomic mass is 16.5. The molecule has 59 heavy (non-hydrogen) atoms. The topological polar surface area (TPSA) is 219 Å². The van der Waals surface area contributed by atoms with Crippen LogP contribution in [0.25, 0.3) is 10.9 Å². The van der Waals surface area contributed by atoms with Gasteiger partial charge in [0.1, 0.15) is 29.2 Å². The molecule has 1 unspecified atom stereocenters. The van der Waals surface area contributed by atoms with Crippen LogP contribution in [0.1, 0.15) is 102 Å². The Bertz CT molecular complexity index is 2360. The number of carbonyl (C=O) groups excluding carboxylic acids is 7. The Morgan fingerprint density at radius 1 is 0.898 bits per heavy atom. The third-order valence-electron chi connectivity index (χ3n) is 11.4. The second-order valence-corrected chi connectivity index (χ2v) is 15.6. The van der Waals surface area contributed by atoms with E-state index in [9.17, 15) is 33.6 Å². The molecule has 16 nitrogen and oxygen atoms in total. The van der Waals surface area contributed by atoms with Crippen molar-refractivity contribution in [1.82, 2.24) is 30.5 Å². The zero-order valence-electron chi connectivity index (χ0n) is 32.3. The van der Waals surface area contributed by atoms with Crippen molar-refractivity contribution in [2.75, 3.05) is 23.8 Å². The number of pyridine rings is 3. The van der Waals surface area contributed by atoms with Gasteiger partial charge in [0.2, 0.25) is 11.8 Å². The van der Waals surface area contributed by atoms with Crippen LogP contribution in [0.5, 0.6) is 5.75 Å². The number of benzene rings is 1. The molecule has 2 saturated carbocycles. The minimum Gasteiger partial charge on any atom is -0.483 e. The second kappa shape index (κ2) is 17.1. The minimum atomic E-state index is -1.11.